The highest BCUT2D eigenvalue weighted by atomic mass is 16.5. The minimum Gasteiger partial charge on any atom is -0.466 e. The molecule has 0 radical (unpaired) electrons. The fourth-order valence-corrected chi connectivity index (χ4v) is 14.4. The number of carbonyl (C=O) groups is 2. The molecule has 0 aliphatic rings. The van der Waals surface area contributed by atoms with Gasteiger partial charge in [-0.25, -0.2) is 0 Å². The average Bonchev–Trinajstić information content (AvgIpc) is 3.64. The first-order valence-electron chi connectivity index (χ1n) is 44.0. The number of ether oxygens (including phenoxy) is 1. The molecule has 1 amide bonds. The third-order valence-electron chi connectivity index (χ3n) is 21.1. The summed E-state index contributed by atoms with van der Waals surface area (Å²) in [6.07, 6.45) is 108. The van der Waals surface area contributed by atoms with Gasteiger partial charge in [0.25, 0.3) is 0 Å². The molecule has 0 aliphatic heterocycles. The quantitative estimate of drug-likeness (QED) is 0.0320. The van der Waals surface area contributed by atoms with Gasteiger partial charge in [0.1, 0.15) is 0 Å². The van der Waals surface area contributed by atoms with Crippen molar-refractivity contribution in [2.24, 2.45) is 0 Å². The van der Waals surface area contributed by atoms with Crippen molar-refractivity contribution < 1.29 is 24.5 Å². The van der Waals surface area contributed by atoms with Gasteiger partial charge in [0.15, 0.2) is 0 Å². The Bertz CT molecular complexity index is 1430. The van der Waals surface area contributed by atoms with Crippen LogP contribution in [0.1, 0.15) is 515 Å². The van der Waals surface area contributed by atoms with Crippen LogP contribution in [-0.2, 0) is 14.3 Å². The molecule has 0 saturated carbocycles. The SMILES string of the molecule is CCCCCCCCCCCCCCCCCCCCCCCCC/C=C/C(O)C(CO)NC(=O)CCCCCCCCCCCCCCCCCCCCCCCCCCCCCCCCCCCCCOC(=O)CCCCCCCCCCCCCCCCCCC. The lowest BCUT2D eigenvalue weighted by atomic mass is 10.0. The summed E-state index contributed by atoms with van der Waals surface area (Å²) in [5.41, 5.74) is 0. The Labute approximate surface area is 590 Å². The monoisotopic (exact) mass is 1320 g/mol. The van der Waals surface area contributed by atoms with Crippen LogP contribution < -0.4 is 5.32 Å². The Morgan fingerprint density at radius 3 is 0.723 bits per heavy atom. The molecule has 2 atom stereocenters. The van der Waals surface area contributed by atoms with Crippen LogP contribution in [0.25, 0.3) is 0 Å². The molecule has 0 aliphatic carbocycles. The Morgan fingerprint density at radius 2 is 0.489 bits per heavy atom. The van der Waals surface area contributed by atoms with Gasteiger partial charge in [-0.2, -0.15) is 0 Å². The topological polar surface area (TPSA) is 95.9 Å². The summed E-state index contributed by atoms with van der Waals surface area (Å²) in [6, 6.07) is -0.625. The lowest BCUT2D eigenvalue weighted by Crippen LogP contribution is -2.45. The Hall–Kier alpha value is -1.40. The largest absolute Gasteiger partial charge is 0.466 e. The predicted molar refractivity (Wildman–Crippen MR) is 417 cm³/mol. The summed E-state index contributed by atoms with van der Waals surface area (Å²) in [4.78, 5) is 24.7. The molecular weight excluding hydrogens is 1150 g/mol. The van der Waals surface area contributed by atoms with Crippen molar-refractivity contribution in [1.29, 1.82) is 0 Å². The number of aliphatic hydroxyl groups excluding tert-OH is 2. The molecule has 0 fully saturated rings. The number of unbranched alkanes of at least 4 members (excludes halogenated alkanes) is 73. The van der Waals surface area contributed by atoms with Gasteiger partial charge < -0.3 is 20.3 Å². The molecule has 6 nitrogen and oxygen atoms in total. The highest BCUT2D eigenvalue weighted by Crippen LogP contribution is 2.21. The highest BCUT2D eigenvalue weighted by molar-refractivity contribution is 5.76. The number of carbonyl (C=O) groups excluding carboxylic acids is 2. The smallest absolute Gasteiger partial charge is 0.305 e. The molecule has 0 heterocycles. The maximum Gasteiger partial charge on any atom is 0.305 e. The van der Waals surface area contributed by atoms with Gasteiger partial charge in [-0.3, -0.25) is 9.59 Å². The van der Waals surface area contributed by atoms with E-state index in [1.54, 1.807) is 6.08 Å². The van der Waals surface area contributed by atoms with Crippen molar-refractivity contribution in [2.45, 2.75) is 527 Å². The van der Waals surface area contributed by atoms with Gasteiger partial charge in [-0.15, -0.1) is 0 Å². The lowest BCUT2D eigenvalue weighted by Gasteiger charge is -2.20. The third kappa shape index (κ3) is 79.6. The number of allylic oxidation sites excluding steroid dienone is 1. The van der Waals surface area contributed by atoms with Gasteiger partial charge in [-0.1, -0.05) is 482 Å². The van der Waals surface area contributed by atoms with Crippen LogP contribution in [0.15, 0.2) is 12.2 Å². The van der Waals surface area contributed by atoms with Crippen molar-refractivity contribution in [3.8, 4) is 0 Å². The number of hydrogen-bond donors (Lipinski definition) is 3. The third-order valence-corrected chi connectivity index (χ3v) is 21.1. The highest BCUT2D eigenvalue weighted by Gasteiger charge is 2.18. The van der Waals surface area contributed by atoms with Gasteiger partial charge >= 0.3 is 5.97 Å². The van der Waals surface area contributed by atoms with E-state index in [1.165, 1.54) is 449 Å². The van der Waals surface area contributed by atoms with Crippen LogP contribution in [0.4, 0.5) is 0 Å². The fraction of sp³-hybridized carbons (Fsp3) is 0.955. The molecule has 0 bridgehead atoms. The predicted octanol–water partition coefficient (Wildman–Crippen LogP) is 29.4. The van der Waals surface area contributed by atoms with E-state index in [1.807, 2.05) is 6.08 Å². The van der Waals surface area contributed by atoms with E-state index < -0.39 is 12.1 Å². The van der Waals surface area contributed by atoms with E-state index in [2.05, 4.69) is 19.2 Å². The van der Waals surface area contributed by atoms with Crippen LogP contribution in [-0.4, -0.2) is 47.4 Å². The van der Waals surface area contributed by atoms with E-state index in [0.717, 1.165) is 38.5 Å². The molecule has 0 aromatic carbocycles. The van der Waals surface area contributed by atoms with Crippen LogP contribution in [0, 0.1) is 0 Å². The average molecular weight is 1330 g/mol. The van der Waals surface area contributed by atoms with E-state index >= 15 is 0 Å². The van der Waals surface area contributed by atoms with Gasteiger partial charge in [0.05, 0.1) is 25.4 Å². The van der Waals surface area contributed by atoms with Crippen LogP contribution in [0.5, 0.6) is 0 Å². The molecule has 0 saturated heterocycles. The molecule has 2 unspecified atom stereocenters. The molecule has 0 aromatic rings. The van der Waals surface area contributed by atoms with E-state index in [4.69, 9.17) is 4.74 Å². The minimum absolute atomic E-state index is 0.0279. The van der Waals surface area contributed by atoms with Gasteiger partial charge in [0, 0.05) is 12.8 Å². The first kappa shape index (κ1) is 92.6. The molecule has 3 N–H and O–H groups in total. The summed E-state index contributed by atoms with van der Waals surface area (Å²) < 4.78 is 5.52. The van der Waals surface area contributed by atoms with Crippen molar-refractivity contribution >= 4 is 11.9 Å². The Balaban J connectivity index is 3.32. The van der Waals surface area contributed by atoms with Crippen LogP contribution >= 0.6 is 0 Å². The van der Waals surface area contributed by atoms with E-state index in [9.17, 15) is 19.8 Å². The number of rotatable bonds is 84. The second kappa shape index (κ2) is 84.0. The zero-order valence-corrected chi connectivity index (χ0v) is 64.5. The van der Waals surface area contributed by atoms with Crippen molar-refractivity contribution in [2.75, 3.05) is 13.2 Å². The summed E-state index contributed by atoms with van der Waals surface area (Å²) >= 11 is 0. The zero-order chi connectivity index (χ0) is 67.7. The summed E-state index contributed by atoms with van der Waals surface area (Å²) in [5.74, 6) is -0.0284. The van der Waals surface area contributed by atoms with Gasteiger partial charge in [-0.05, 0) is 32.1 Å². The van der Waals surface area contributed by atoms with Gasteiger partial charge in [0.2, 0.25) is 5.91 Å². The van der Waals surface area contributed by atoms with E-state index in [-0.39, 0.29) is 18.5 Å². The summed E-state index contributed by atoms with van der Waals surface area (Å²) in [7, 11) is 0. The number of aliphatic hydroxyl groups is 2. The molecule has 0 aromatic heterocycles. The minimum atomic E-state index is -0.842. The molecular formula is C88H173NO5. The molecule has 0 rings (SSSR count). The van der Waals surface area contributed by atoms with Crippen molar-refractivity contribution in [3.63, 3.8) is 0 Å². The Kier molecular flexibility index (Phi) is 82.8. The summed E-state index contributed by atoms with van der Waals surface area (Å²) in [5, 5.41) is 23.3. The second-order valence-electron chi connectivity index (χ2n) is 30.6. The summed E-state index contributed by atoms with van der Waals surface area (Å²) in [6.45, 7) is 4.98. The first-order chi connectivity index (χ1) is 46.5. The molecule has 560 valence electrons. The van der Waals surface area contributed by atoms with E-state index in [0.29, 0.717) is 19.4 Å². The van der Waals surface area contributed by atoms with Crippen molar-refractivity contribution in [1.82, 2.24) is 5.32 Å². The maximum atomic E-state index is 12.6. The number of esters is 1. The Morgan fingerprint density at radius 1 is 0.287 bits per heavy atom. The molecule has 94 heavy (non-hydrogen) atoms. The number of nitrogens with one attached hydrogen (secondary N) is 1. The first-order valence-corrected chi connectivity index (χ1v) is 44.0. The molecule has 0 spiro atoms. The number of hydrogen-bond acceptors (Lipinski definition) is 5. The van der Waals surface area contributed by atoms with Crippen LogP contribution in [0.3, 0.4) is 0 Å². The molecule has 6 heteroatoms. The second-order valence-corrected chi connectivity index (χ2v) is 30.6. The normalized spacial score (nSPS) is 12.4. The number of amides is 1. The lowest BCUT2D eigenvalue weighted by molar-refractivity contribution is -0.143. The van der Waals surface area contributed by atoms with Crippen LogP contribution in [0.2, 0.25) is 0 Å². The van der Waals surface area contributed by atoms with Crippen molar-refractivity contribution in [3.05, 3.63) is 12.2 Å². The maximum absolute atomic E-state index is 12.6. The zero-order valence-electron chi connectivity index (χ0n) is 64.5. The fourth-order valence-electron chi connectivity index (χ4n) is 14.4. The standard InChI is InChI=1S/C88H173NO5/c1-3-5-7-9-11-13-15-17-19-21-22-23-24-36-39-42-45-49-52-56-60-64-68-72-76-80-86(91)85(84-90)89-87(92)81-77-73-69-65-61-57-53-50-46-43-40-37-34-32-30-28-26-25-27-29-31-33-35-38-41-44-47-51-55-59-63-67-71-75-79-83-94-88(93)82-78-74-70-66-62-58-54-48-20-18-16-14-12-10-8-6-4-2/h76,80,85-86,90-91H,3-75,77-79,81-84H2,1-2H3,(H,89,92)/b80-76+.